The lowest BCUT2D eigenvalue weighted by Crippen LogP contribution is -2.46. The van der Waals surface area contributed by atoms with Crippen LogP contribution < -0.4 is 4.90 Å². The van der Waals surface area contributed by atoms with Crippen LogP contribution >= 0.6 is 0 Å². The fourth-order valence-electron chi connectivity index (χ4n) is 3.04. The van der Waals surface area contributed by atoms with E-state index in [4.69, 9.17) is 4.52 Å². The van der Waals surface area contributed by atoms with Gasteiger partial charge in [0, 0.05) is 44.0 Å². The van der Waals surface area contributed by atoms with Crippen LogP contribution in [0.5, 0.6) is 0 Å². The van der Waals surface area contributed by atoms with Crippen LogP contribution in [0.1, 0.15) is 5.76 Å². The van der Waals surface area contributed by atoms with Crippen molar-refractivity contribution in [3.05, 3.63) is 66.3 Å². The number of rotatable bonds is 4. The van der Waals surface area contributed by atoms with Crippen molar-refractivity contribution < 1.29 is 8.91 Å². The first-order chi connectivity index (χ1) is 12.3. The molecule has 1 aliphatic rings. The topological polar surface area (TPSA) is 45.4 Å². The summed E-state index contributed by atoms with van der Waals surface area (Å²) in [5.41, 5.74) is 1.60. The summed E-state index contributed by atoms with van der Waals surface area (Å²) in [5, 5.41) is 4.10. The number of piperazine rings is 1. The lowest BCUT2D eigenvalue weighted by atomic mass is 10.1. The van der Waals surface area contributed by atoms with E-state index in [1.807, 2.05) is 30.5 Å². The monoisotopic (exact) mass is 338 g/mol. The Kier molecular flexibility index (Phi) is 4.43. The van der Waals surface area contributed by atoms with E-state index >= 15 is 0 Å². The Morgan fingerprint density at radius 1 is 1.00 bits per heavy atom. The number of anilines is 1. The van der Waals surface area contributed by atoms with Crippen molar-refractivity contribution in [1.82, 2.24) is 15.0 Å². The Hall–Kier alpha value is -2.73. The molecule has 0 radical (unpaired) electrons. The van der Waals surface area contributed by atoms with Gasteiger partial charge in [-0.3, -0.25) is 4.90 Å². The molecule has 25 heavy (non-hydrogen) atoms. The lowest BCUT2D eigenvalue weighted by Gasteiger charge is -2.34. The second-order valence-electron chi connectivity index (χ2n) is 6.14. The number of benzene rings is 1. The smallest absolute Gasteiger partial charge is 0.151 e. The maximum absolute atomic E-state index is 13.0. The largest absolute Gasteiger partial charge is 0.359 e. The number of hydrogen-bond donors (Lipinski definition) is 0. The van der Waals surface area contributed by atoms with Gasteiger partial charge in [-0.1, -0.05) is 11.2 Å². The van der Waals surface area contributed by atoms with E-state index in [-0.39, 0.29) is 5.82 Å². The third kappa shape index (κ3) is 3.69. The van der Waals surface area contributed by atoms with Crippen molar-refractivity contribution in [3.8, 4) is 11.3 Å². The Labute approximate surface area is 145 Å². The highest BCUT2D eigenvalue weighted by atomic mass is 19.1. The molecule has 1 aliphatic heterocycles. The molecule has 6 heteroatoms. The van der Waals surface area contributed by atoms with E-state index in [0.29, 0.717) is 0 Å². The van der Waals surface area contributed by atoms with Crippen LogP contribution in [0.4, 0.5) is 10.2 Å². The molecule has 5 nitrogen and oxygen atoms in total. The Bertz CT molecular complexity index is 811. The van der Waals surface area contributed by atoms with Gasteiger partial charge in [0.25, 0.3) is 0 Å². The quantitative estimate of drug-likeness (QED) is 0.731. The van der Waals surface area contributed by atoms with Gasteiger partial charge in [-0.25, -0.2) is 9.37 Å². The molecule has 1 aromatic carbocycles. The average molecular weight is 338 g/mol. The average Bonchev–Trinajstić information content (AvgIpc) is 3.12. The van der Waals surface area contributed by atoms with Crippen molar-refractivity contribution in [2.24, 2.45) is 0 Å². The normalized spacial score (nSPS) is 15.5. The van der Waals surface area contributed by atoms with Crippen molar-refractivity contribution in [2.45, 2.75) is 6.54 Å². The Morgan fingerprint density at radius 3 is 2.52 bits per heavy atom. The summed E-state index contributed by atoms with van der Waals surface area (Å²) in [7, 11) is 0. The highest BCUT2D eigenvalue weighted by Crippen LogP contribution is 2.21. The van der Waals surface area contributed by atoms with E-state index in [2.05, 4.69) is 19.9 Å². The maximum Gasteiger partial charge on any atom is 0.151 e. The molecule has 0 N–H and O–H groups in total. The van der Waals surface area contributed by atoms with Gasteiger partial charge < -0.3 is 9.42 Å². The third-order valence-corrected chi connectivity index (χ3v) is 4.42. The third-order valence-electron chi connectivity index (χ3n) is 4.42. The molecule has 0 unspecified atom stereocenters. The second-order valence-corrected chi connectivity index (χ2v) is 6.14. The van der Waals surface area contributed by atoms with Crippen molar-refractivity contribution in [1.29, 1.82) is 0 Å². The van der Waals surface area contributed by atoms with Crippen LogP contribution in [0.2, 0.25) is 0 Å². The molecule has 1 fully saturated rings. The summed E-state index contributed by atoms with van der Waals surface area (Å²) < 4.78 is 18.5. The van der Waals surface area contributed by atoms with E-state index in [1.54, 1.807) is 12.1 Å². The molecule has 0 spiro atoms. The summed E-state index contributed by atoms with van der Waals surface area (Å²) >= 11 is 0. The van der Waals surface area contributed by atoms with Crippen molar-refractivity contribution in [2.75, 3.05) is 31.1 Å². The summed E-state index contributed by atoms with van der Waals surface area (Å²) in [4.78, 5) is 9.04. The van der Waals surface area contributed by atoms with E-state index in [9.17, 15) is 4.39 Å². The van der Waals surface area contributed by atoms with Gasteiger partial charge in [-0.05, 0) is 36.4 Å². The molecule has 128 valence electrons. The minimum Gasteiger partial charge on any atom is -0.359 e. The van der Waals surface area contributed by atoms with Gasteiger partial charge in [-0.15, -0.1) is 0 Å². The molecule has 3 aromatic rings. The fraction of sp³-hybridized carbons (Fsp3) is 0.263. The molecular formula is C19H19FN4O. The SMILES string of the molecule is Fc1ccc(-c2cc(CN3CCN(c4ccccn4)CC3)on2)cc1. The number of aromatic nitrogens is 2. The molecule has 0 amide bonds. The number of nitrogens with zero attached hydrogens (tertiary/aromatic N) is 4. The van der Waals surface area contributed by atoms with E-state index in [0.717, 1.165) is 55.6 Å². The van der Waals surface area contributed by atoms with E-state index < -0.39 is 0 Å². The first kappa shape index (κ1) is 15.8. The molecule has 0 saturated carbocycles. The summed E-state index contributed by atoms with van der Waals surface area (Å²) in [5.74, 6) is 1.60. The van der Waals surface area contributed by atoms with Gasteiger partial charge in [-0.2, -0.15) is 0 Å². The van der Waals surface area contributed by atoms with Crippen LogP contribution in [-0.4, -0.2) is 41.2 Å². The zero-order valence-corrected chi connectivity index (χ0v) is 13.8. The first-order valence-electron chi connectivity index (χ1n) is 8.38. The summed E-state index contributed by atoms with van der Waals surface area (Å²) in [6.07, 6.45) is 1.83. The van der Waals surface area contributed by atoms with Crippen LogP contribution in [-0.2, 0) is 6.54 Å². The first-order valence-corrected chi connectivity index (χ1v) is 8.38. The van der Waals surface area contributed by atoms with Crippen molar-refractivity contribution >= 4 is 5.82 Å². The minimum absolute atomic E-state index is 0.252. The molecule has 2 aromatic heterocycles. The highest BCUT2D eigenvalue weighted by Gasteiger charge is 2.19. The summed E-state index contributed by atoms with van der Waals surface area (Å²) in [6.45, 7) is 4.50. The van der Waals surface area contributed by atoms with Gasteiger partial charge in [0.15, 0.2) is 5.76 Å². The van der Waals surface area contributed by atoms with Gasteiger partial charge in [0.2, 0.25) is 0 Å². The highest BCUT2D eigenvalue weighted by molar-refractivity contribution is 5.58. The number of pyridine rings is 1. The van der Waals surface area contributed by atoms with Crippen LogP contribution in [0.25, 0.3) is 11.3 Å². The molecule has 1 saturated heterocycles. The predicted molar refractivity (Wildman–Crippen MR) is 93.6 cm³/mol. The number of hydrogen-bond acceptors (Lipinski definition) is 5. The molecule has 0 bridgehead atoms. The van der Waals surface area contributed by atoms with Crippen LogP contribution in [0.15, 0.2) is 59.3 Å². The van der Waals surface area contributed by atoms with Crippen LogP contribution in [0, 0.1) is 5.82 Å². The van der Waals surface area contributed by atoms with Gasteiger partial charge in [0.05, 0.1) is 6.54 Å². The molecule has 0 aliphatic carbocycles. The lowest BCUT2D eigenvalue weighted by molar-refractivity contribution is 0.219. The summed E-state index contributed by atoms with van der Waals surface area (Å²) in [6, 6.07) is 14.2. The van der Waals surface area contributed by atoms with Crippen molar-refractivity contribution in [3.63, 3.8) is 0 Å². The molecular weight excluding hydrogens is 319 g/mol. The van der Waals surface area contributed by atoms with Gasteiger partial charge >= 0.3 is 0 Å². The Morgan fingerprint density at radius 2 is 1.80 bits per heavy atom. The standard InChI is InChI=1S/C19H19FN4O/c20-16-6-4-15(5-7-16)18-13-17(25-22-18)14-23-9-11-24(12-10-23)19-3-1-2-8-21-19/h1-8,13H,9-12,14H2. The zero-order chi connectivity index (χ0) is 17.1. The Balaban J connectivity index is 1.35. The fourth-order valence-corrected chi connectivity index (χ4v) is 3.04. The minimum atomic E-state index is -0.252. The zero-order valence-electron chi connectivity index (χ0n) is 13.8. The molecule has 4 rings (SSSR count). The van der Waals surface area contributed by atoms with Crippen LogP contribution in [0.3, 0.4) is 0 Å². The van der Waals surface area contributed by atoms with Gasteiger partial charge in [0.1, 0.15) is 17.3 Å². The van der Waals surface area contributed by atoms with E-state index in [1.165, 1.54) is 12.1 Å². The number of halogens is 1. The second kappa shape index (κ2) is 7.03. The molecule has 3 heterocycles. The predicted octanol–water partition coefficient (Wildman–Crippen LogP) is 3.20. The maximum atomic E-state index is 13.0. The molecule has 0 atom stereocenters.